The van der Waals surface area contributed by atoms with Crippen LogP contribution in [0.5, 0.6) is 5.75 Å². The van der Waals surface area contributed by atoms with Crippen LogP contribution in [0.4, 0.5) is 5.69 Å². The van der Waals surface area contributed by atoms with Gasteiger partial charge in [-0.15, -0.1) is 0 Å². The Morgan fingerprint density at radius 2 is 1.48 bits per heavy atom. The fraction of sp³-hybridized carbons (Fsp3) is 0. The van der Waals surface area contributed by atoms with Crippen molar-refractivity contribution in [1.82, 2.24) is 0 Å². The van der Waals surface area contributed by atoms with Crippen molar-refractivity contribution in [2.45, 2.75) is 0 Å². The second-order valence-corrected chi connectivity index (χ2v) is 5.98. The topological polar surface area (TPSA) is 93.6 Å². The highest BCUT2D eigenvalue weighted by atomic mass is 16.6. The summed E-state index contributed by atoms with van der Waals surface area (Å²) in [5, 5.41) is 20.9. The van der Waals surface area contributed by atoms with E-state index in [9.17, 15) is 20.0 Å². The van der Waals surface area contributed by atoms with Crippen LogP contribution in [0.15, 0.2) is 82.0 Å². The number of rotatable bonds is 3. The van der Waals surface area contributed by atoms with Crippen LogP contribution in [0.25, 0.3) is 33.4 Å². The monoisotopic (exact) mass is 359 g/mol. The minimum atomic E-state index is -0.485. The Bertz CT molecular complexity index is 1210. The van der Waals surface area contributed by atoms with Gasteiger partial charge in [-0.1, -0.05) is 24.3 Å². The molecule has 0 saturated heterocycles. The number of aromatic hydroxyl groups is 1. The number of phenols is 1. The van der Waals surface area contributed by atoms with E-state index in [1.165, 1.54) is 24.3 Å². The zero-order chi connectivity index (χ0) is 19.0. The molecule has 4 rings (SSSR count). The third-order valence-corrected chi connectivity index (χ3v) is 4.29. The summed E-state index contributed by atoms with van der Waals surface area (Å²) in [6, 6.07) is 19.0. The first-order valence-corrected chi connectivity index (χ1v) is 8.14. The highest BCUT2D eigenvalue weighted by Crippen LogP contribution is 2.33. The molecular weight excluding hydrogens is 346 g/mol. The van der Waals surface area contributed by atoms with Gasteiger partial charge in [0.2, 0.25) is 5.43 Å². The molecule has 6 nitrogen and oxygen atoms in total. The first-order valence-electron chi connectivity index (χ1n) is 8.14. The Morgan fingerprint density at radius 3 is 2.15 bits per heavy atom. The first-order chi connectivity index (χ1) is 13.0. The van der Waals surface area contributed by atoms with Crippen molar-refractivity contribution < 1.29 is 14.4 Å². The molecule has 4 aromatic rings. The fourth-order valence-electron chi connectivity index (χ4n) is 2.97. The molecule has 1 aromatic heterocycles. The summed E-state index contributed by atoms with van der Waals surface area (Å²) in [5.74, 6) is 0.403. The molecule has 0 bridgehead atoms. The summed E-state index contributed by atoms with van der Waals surface area (Å²) in [7, 11) is 0. The van der Waals surface area contributed by atoms with E-state index in [0.717, 1.165) is 0 Å². The van der Waals surface area contributed by atoms with E-state index < -0.39 is 4.92 Å². The van der Waals surface area contributed by atoms with Gasteiger partial charge in [-0.25, -0.2) is 0 Å². The van der Waals surface area contributed by atoms with E-state index in [1.807, 2.05) is 0 Å². The fourth-order valence-corrected chi connectivity index (χ4v) is 2.97. The Hall–Kier alpha value is -3.93. The summed E-state index contributed by atoms with van der Waals surface area (Å²) in [5.41, 5.74) is 1.64. The van der Waals surface area contributed by atoms with E-state index >= 15 is 0 Å². The van der Waals surface area contributed by atoms with Crippen LogP contribution in [0.1, 0.15) is 0 Å². The molecule has 3 aromatic carbocycles. The number of nitrogens with zero attached hydrogens (tertiary/aromatic N) is 1. The maximum Gasteiger partial charge on any atom is 0.269 e. The molecule has 0 radical (unpaired) electrons. The molecule has 0 aliphatic heterocycles. The van der Waals surface area contributed by atoms with Gasteiger partial charge in [-0.3, -0.25) is 14.9 Å². The number of nitro benzene ring substituents is 1. The average Bonchev–Trinajstić information content (AvgIpc) is 2.69. The van der Waals surface area contributed by atoms with Crippen molar-refractivity contribution in [3.05, 3.63) is 93.1 Å². The lowest BCUT2D eigenvalue weighted by atomic mass is 9.98. The van der Waals surface area contributed by atoms with Gasteiger partial charge in [0.15, 0.2) is 0 Å². The van der Waals surface area contributed by atoms with Crippen LogP contribution in [0.2, 0.25) is 0 Å². The lowest BCUT2D eigenvalue weighted by Gasteiger charge is -2.10. The molecule has 1 heterocycles. The standard InChI is InChI=1S/C21H13NO5/c23-16-11-7-13(8-12-16)19-20(24)17-3-1-2-4-18(17)27-21(19)14-5-9-15(10-6-14)22(25)26/h1-12,23H. The van der Waals surface area contributed by atoms with Gasteiger partial charge >= 0.3 is 0 Å². The molecule has 132 valence electrons. The highest BCUT2D eigenvalue weighted by Gasteiger charge is 2.18. The molecule has 0 unspecified atom stereocenters. The largest absolute Gasteiger partial charge is 0.508 e. The number of phenolic OH excluding ortho intramolecular Hbond substituents is 1. The van der Waals surface area contributed by atoms with Crippen molar-refractivity contribution in [2.24, 2.45) is 0 Å². The van der Waals surface area contributed by atoms with Crippen molar-refractivity contribution >= 4 is 16.7 Å². The molecular formula is C21H13NO5. The quantitative estimate of drug-likeness (QED) is 0.421. The summed E-state index contributed by atoms with van der Waals surface area (Å²) in [4.78, 5) is 23.6. The number of nitro groups is 1. The van der Waals surface area contributed by atoms with Gasteiger partial charge in [0.25, 0.3) is 5.69 Å². The van der Waals surface area contributed by atoms with E-state index in [2.05, 4.69) is 0 Å². The summed E-state index contributed by atoms with van der Waals surface area (Å²) in [6.07, 6.45) is 0. The van der Waals surface area contributed by atoms with E-state index in [0.29, 0.717) is 33.4 Å². The minimum Gasteiger partial charge on any atom is -0.508 e. The van der Waals surface area contributed by atoms with Gasteiger partial charge in [0, 0.05) is 17.7 Å². The Balaban J connectivity index is 2.03. The maximum atomic E-state index is 13.2. The molecule has 27 heavy (non-hydrogen) atoms. The van der Waals surface area contributed by atoms with Crippen LogP contribution in [0.3, 0.4) is 0 Å². The number of para-hydroxylation sites is 1. The van der Waals surface area contributed by atoms with Crippen LogP contribution >= 0.6 is 0 Å². The molecule has 1 N–H and O–H groups in total. The Morgan fingerprint density at radius 1 is 0.852 bits per heavy atom. The Kier molecular flexibility index (Phi) is 3.93. The Labute approximate surface area is 153 Å². The normalized spacial score (nSPS) is 10.8. The van der Waals surface area contributed by atoms with Crippen LogP contribution in [-0.4, -0.2) is 10.0 Å². The zero-order valence-corrected chi connectivity index (χ0v) is 14.0. The van der Waals surface area contributed by atoms with E-state index in [1.54, 1.807) is 48.5 Å². The van der Waals surface area contributed by atoms with Gasteiger partial charge in [0.1, 0.15) is 17.1 Å². The summed E-state index contributed by atoms with van der Waals surface area (Å²) >= 11 is 0. The van der Waals surface area contributed by atoms with Crippen molar-refractivity contribution in [2.75, 3.05) is 0 Å². The van der Waals surface area contributed by atoms with Gasteiger partial charge in [-0.2, -0.15) is 0 Å². The van der Waals surface area contributed by atoms with Crippen molar-refractivity contribution in [3.8, 4) is 28.2 Å². The van der Waals surface area contributed by atoms with Crippen LogP contribution < -0.4 is 5.43 Å². The van der Waals surface area contributed by atoms with Crippen LogP contribution in [-0.2, 0) is 0 Å². The molecule has 0 spiro atoms. The molecule has 0 atom stereocenters. The number of hydrogen-bond donors (Lipinski definition) is 1. The van der Waals surface area contributed by atoms with Gasteiger partial charge < -0.3 is 9.52 Å². The predicted molar refractivity (Wildman–Crippen MR) is 102 cm³/mol. The first kappa shape index (κ1) is 16.5. The smallest absolute Gasteiger partial charge is 0.269 e. The second kappa shape index (κ2) is 6.42. The molecule has 0 saturated carbocycles. The highest BCUT2D eigenvalue weighted by molar-refractivity contribution is 5.89. The van der Waals surface area contributed by atoms with Gasteiger partial charge in [0.05, 0.1) is 15.9 Å². The number of benzene rings is 3. The van der Waals surface area contributed by atoms with Crippen LogP contribution in [0, 0.1) is 10.1 Å². The number of non-ortho nitro benzene ring substituents is 1. The number of hydrogen-bond acceptors (Lipinski definition) is 5. The lowest BCUT2D eigenvalue weighted by molar-refractivity contribution is -0.384. The maximum absolute atomic E-state index is 13.2. The molecule has 0 aliphatic carbocycles. The predicted octanol–water partition coefficient (Wildman–Crippen LogP) is 4.74. The molecule has 0 fully saturated rings. The zero-order valence-electron chi connectivity index (χ0n) is 14.0. The van der Waals surface area contributed by atoms with Crippen molar-refractivity contribution in [1.29, 1.82) is 0 Å². The van der Waals surface area contributed by atoms with Gasteiger partial charge in [-0.05, 0) is 42.0 Å². The number of fused-ring (bicyclic) bond motifs is 1. The van der Waals surface area contributed by atoms with E-state index in [-0.39, 0.29) is 16.9 Å². The second-order valence-electron chi connectivity index (χ2n) is 5.98. The third-order valence-electron chi connectivity index (χ3n) is 4.29. The lowest BCUT2D eigenvalue weighted by Crippen LogP contribution is -2.07. The minimum absolute atomic E-state index is 0.0481. The van der Waals surface area contributed by atoms with E-state index in [4.69, 9.17) is 4.42 Å². The third kappa shape index (κ3) is 2.93. The van der Waals surface area contributed by atoms with Crippen molar-refractivity contribution in [3.63, 3.8) is 0 Å². The summed E-state index contributed by atoms with van der Waals surface area (Å²) in [6.45, 7) is 0. The molecule has 6 heteroatoms. The molecule has 0 amide bonds. The molecule has 0 aliphatic rings. The average molecular weight is 359 g/mol. The SMILES string of the molecule is O=c1c(-c2ccc(O)cc2)c(-c2ccc([N+](=O)[O-])cc2)oc2ccccc12. The summed E-state index contributed by atoms with van der Waals surface area (Å²) < 4.78 is 6.01.